The summed E-state index contributed by atoms with van der Waals surface area (Å²) in [5.74, 6) is 1.39. The monoisotopic (exact) mass is 285 g/mol. The van der Waals surface area contributed by atoms with E-state index in [4.69, 9.17) is 10.5 Å². The van der Waals surface area contributed by atoms with Crippen molar-refractivity contribution in [3.63, 3.8) is 0 Å². The van der Waals surface area contributed by atoms with Crippen LogP contribution in [0.1, 0.15) is 26.3 Å². The van der Waals surface area contributed by atoms with Gasteiger partial charge >= 0.3 is 0 Å². The molecule has 21 heavy (non-hydrogen) atoms. The molecule has 0 saturated heterocycles. The van der Waals surface area contributed by atoms with Crippen molar-refractivity contribution in [1.29, 1.82) is 0 Å². The normalized spacial score (nSPS) is 10.7. The van der Waals surface area contributed by atoms with E-state index in [1.165, 1.54) is 5.56 Å². The van der Waals surface area contributed by atoms with Gasteiger partial charge in [-0.2, -0.15) is 4.98 Å². The predicted octanol–water partition coefficient (Wildman–Crippen LogP) is 3.48. The van der Waals surface area contributed by atoms with Gasteiger partial charge in [0.25, 0.3) is 0 Å². The minimum absolute atomic E-state index is 0.0549. The highest BCUT2D eigenvalue weighted by Gasteiger charge is 2.11. The molecule has 0 radical (unpaired) electrons. The van der Waals surface area contributed by atoms with Gasteiger partial charge in [-0.15, -0.1) is 0 Å². The van der Waals surface area contributed by atoms with E-state index in [2.05, 4.69) is 28.9 Å². The Morgan fingerprint density at radius 3 is 2.48 bits per heavy atom. The lowest BCUT2D eigenvalue weighted by molar-refractivity contribution is 0.234. The van der Waals surface area contributed by atoms with Crippen LogP contribution in [-0.4, -0.2) is 17.6 Å². The Kier molecular flexibility index (Phi) is 5.04. The van der Waals surface area contributed by atoms with E-state index >= 15 is 0 Å². The third kappa shape index (κ3) is 4.12. The summed E-state index contributed by atoms with van der Waals surface area (Å²) >= 11 is 0. The zero-order valence-corrected chi connectivity index (χ0v) is 12.9. The average Bonchev–Trinajstić information content (AvgIpc) is 2.48. The van der Waals surface area contributed by atoms with Gasteiger partial charge in [-0.1, -0.05) is 30.3 Å². The topological polar surface area (TPSA) is 51.4 Å². The van der Waals surface area contributed by atoms with E-state index < -0.39 is 0 Å². The largest absolute Gasteiger partial charge is 0.473 e. The second kappa shape index (κ2) is 6.97. The molecule has 0 atom stereocenters. The van der Waals surface area contributed by atoms with Crippen molar-refractivity contribution in [3.05, 3.63) is 48.0 Å². The third-order valence-electron chi connectivity index (χ3n) is 3.14. The van der Waals surface area contributed by atoms with Gasteiger partial charge in [-0.05, 0) is 38.5 Å². The summed E-state index contributed by atoms with van der Waals surface area (Å²) < 4.78 is 5.67. The van der Waals surface area contributed by atoms with E-state index in [1.54, 1.807) is 0 Å². The number of hydrogen-bond donors (Lipinski definition) is 1. The van der Waals surface area contributed by atoms with Gasteiger partial charge in [0.05, 0.1) is 11.8 Å². The van der Waals surface area contributed by atoms with Crippen molar-refractivity contribution in [1.82, 2.24) is 4.98 Å². The molecule has 0 aliphatic rings. The number of rotatable bonds is 6. The summed E-state index contributed by atoms with van der Waals surface area (Å²) in [4.78, 5) is 6.75. The second-order valence-electron chi connectivity index (χ2n) is 5.23. The van der Waals surface area contributed by atoms with Crippen molar-refractivity contribution in [2.24, 2.45) is 0 Å². The van der Waals surface area contributed by atoms with Crippen LogP contribution in [0.15, 0.2) is 42.5 Å². The number of nitrogens with two attached hydrogens (primary N) is 1. The van der Waals surface area contributed by atoms with Gasteiger partial charge in [0.1, 0.15) is 5.82 Å². The van der Waals surface area contributed by atoms with E-state index in [1.807, 2.05) is 44.2 Å². The lowest BCUT2D eigenvalue weighted by Gasteiger charge is -2.23. The van der Waals surface area contributed by atoms with Crippen LogP contribution >= 0.6 is 0 Å². The van der Waals surface area contributed by atoms with Gasteiger partial charge in [-0.25, -0.2) is 0 Å². The number of pyridine rings is 1. The lowest BCUT2D eigenvalue weighted by atomic mass is 10.2. The zero-order valence-electron chi connectivity index (χ0n) is 12.9. The molecule has 2 rings (SSSR count). The van der Waals surface area contributed by atoms with E-state index in [0.717, 1.165) is 18.9 Å². The number of benzene rings is 1. The maximum atomic E-state index is 5.93. The van der Waals surface area contributed by atoms with Crippen LogP contribution in [0.4, 0.5) is 11.5 Å². The average molecular weight is 285 g/mol. The van der Waals surface area contributed by atoms with Gasteiger partial charge in [0.2, 0.25) is 5.88 Å². The SMILES string of the molecule is CCN(Cc1ccccc1)c1ccc(N)c(OC(C)C)n1. The van der Waals surface area contributed by atoms with Gasteiger partial charge in [0, 0.05) is 13.1 Å². The number of nitrogen functional groups attached to an aromatic ring is 1. The minimum Gasteiger partial charge on any atom is -0.473 e. The number of anilines is 2. The summed E-state index contributed by atoms with van der Waals surface area (Å²) in [7, 11) is 0. The summed E-state index contributed by atoms with van der Waals surface area (Å²) in [5, 5.41) is 0. The molecule has 1 heterocycles. The quantitative estimate of drug-likeness (QED) is 0.883. The Morgan fingerprint density at radius 1 is 1.14 bits per heavy atom. The summed E-state index contributed by atoms with van der Waals surface area (Å²) in [5.41, 5.74) is 7.75. The van der Waals surface area contributed by atoms with Crippen molar-refractivity contribution >= 4 is 11.5 Å². The molecule has 0 aliphatic heterocycles. The van der Waals surface area contributed by atoms with E-state index in [-0.39, 0.29) is 6.10 Å². The number of nitrogens with zero attached hydrogens (tertiary/aromatic N) is 2. The van der Waals surface area contributed by atoms with Crippen molar-refractivity contribution in [2.75, 3.05) is 17.2 Å². The Bertz CT molecular complexity index is 570. The highest BCUT2D eigenvalue weighted by atomic mass is 16.5. The summed E-state index contributed by atoms with van der Waals surface area (Å²) in [6, 6.07) is 14.1. The zero-order chi connectivity index (χ0) is 15.2. The molecule has 0 unspecified atom stereocenters. The summed E-state index contributed by atoms with van der Waals surface area (Å²) in [6.07, 6.45) is 0.0549. The Morgan fingerprint density at radius 2 is 1.86 bits per heavy atom. The first-order valence-corrected chi connectivity index (χ1v) is 7.32. The van der Waals surface area contributed by atoms with Gasteiger partial charge in [0.15, 0.2) is 0 Å². The van der Waals surface area contributed by atoms with Crippen LogP contribution in [0, 0.1) is 0 Å². The molecule has 0 fully saturated rings. The molecule has 4 heteroatoms. The molecule has 112 valence electrons. The molecular formula is C17H23N3O. The number of aromatic nitrogens is 1. The van der Waals surface area contributed by atoms with Crippen LogP contribution in [0.2, 0.25) is 0 Å². The van der Waals surface area contributed by atoms with Crippen molar-refractivity contribution in [3.8, 4) is 5.88 Å². The van der Waals surface area contributed by atoms with E-state index in [0.29, 0.717) is 11.6 Å². The van der Waals surface area contributed by atoms with Crippen LogP contribution < -0.4 is 15.4 Å². The molecule has 0 bridgehead atoms. The van der Waals surface area contributed by atoms with Gasteiger partial charge < -0.3 is 15.4 Å². The molecule has 2 N–H and O–H groups in total. The maximum Gasteiger partial charge on any atom is 0.239 e. The second-order valence-corrected chi connectivity index (χ2v) is 5.23. The standard InChI is InChI=1S/C17H23N3O/c1-4-20(12-14-8-6-5-7-9-14)16-11-10-15(18)17(19-16)21-13(2)3/h5-11,13H,4,12,18H2,1-3H3. The number of hydrogen-bond acceptors (Lipinski definition) is 4. The van der Waals surface area contributed by atoms with Crippen LogP contribution in [0.3, 0.4) is 0 Å². The first-order chi connectivity index (χ1) is 10.1. The molecule has 1 aromatic carbocycles. The van der Waals surface area contributed by atoms with Crippen molar-refractivity contribution in [2.45, 2.75) is 33.4 Å². The highest BCUT2D eigenvalue weighted by Crippen LogP contribution is 2.25. The van der Waals surface area contributed by atoms with Crippen molar-refractivity contribution < 1.29 is 4.74 Å². The molecule has 4 nitrogen and oxygen atoms in total. The fraction of sp³-hybridized carbons (Fsp3) is 0.353. The van der Waals surface area contributed by atoms with Crippen LogP contribution in [-0.2, 0) is 6.54 Å². The third-order valence-corrected chi connectivity index (χ3v) is 3.14. The molecular weight excluding hydrogens is 262 g/mol. The maximum absolute atomic E-state index is 5.93. The summed E-state index contributed by atoms with van der Waals surface area (Å²) in [6.45, 7) is 7.73. The number of ether oxygens (including phenoxy) is 1. The fourth-order valence-electron chi connectivity index (χ4n) is 2.09. The Hall–Kier alpha value is -2.23. The molecule has 0 aliphatic carbocycles. The van der Waals surface area contributed by atoms with Crippen LogP contribution in [0.5, 0.6) is 5.88 Å². The highest BCUT2D eigenvalue weighted by molar-refractivity contribution is 5.54. The van der Waals surface area contributed by atoms with E-state index in [9.17, 15) is 0 Å². The molecule has 0 saturated carbocycles. The smallest absolute Gasteiger partial charge is 0.239 e. The molecule has 0 amide bonds. The van der Waals surface area contributed by atoms with Crippen LogP contribution in [0.25, 0.3) is 0 Å². The molecule has 2 aromatic rings. The van der Waals surface area contributed by atoms with Gasteiger partial charge in [-0.3, -0.25) is 0 Å². The predicted molar refractivity (Wildman–Crippen MR) is 87.6 cm³/mol. The minimum atomic E-state index is 0.0549. The fourth-order valence-corrected chi connectivity index (χ4v) is 2.09. The Labute approximate surface area is 126 Å². The first kappa shape index (κ1) is 15.2. The first-order valence-electron chi connectivity index (χ1n) is 7.32. The molecule has 1 aromatic heterocycles. The Balaban J connectivity index is 2.21. The molecule has 0 spiro atoms. The lowest BCUT2D eigenvalue weighted by Crippen LogP contribution is -2.23.